The molecular weight excluding hydrogens is 470 g/mol. The predicted octanol–water partition coefficient (Wildman–Crippen LogP) is 3.38. The fourth-order valence-electron chi connectivity index (χ4n) is 4.72. The van der Waals surface area contributed by atoms with Crippen LogP contribution >= 0.6 is 0 Å². The van der Waals surface area contributed by atoms with E-state index in [2.05, 4.69) is 25.4 Å². The lowest BCUT2D eigenvalue weighted by molar-refractivity contribution is -0.153. The molecule has 0 spiro atoms. The average molecular weight is 488 g/mol. The van der Waals surface area contributed by atoms with Gasteiger partial charge in [-0.2, -0.15) is 5.10 Å². The molecule has 11 heteroatoms. The van der Waals surface area contributed by atoms with Crippen molar-refractivity contribution in [1.82, 2.24) is 24.7 Å². The van der Waals surface area contributed by atoms with Crippen LogP contribution in [0.2, 0.25) is 0 Å². The van der Waals surface area contributed by atoms with Crippen LogP contribution in [0.1, 0.15) is 30.2 Å². The van der Waals surface area contributed by atoms with Crippen LogP contribution in [-0.4, -0.2) is 43.2 Å². The van der Waals surface area contributed by atoms with E-state index in [1.165, 1.54) is 16.8 Å². The number of fused-ring (bicyclic) bond motifs is 1. The van der Waals surface area contributed by atoms with Gasteiger partial charge in [-0.15, -0.1) is 0 Å². The number of pyridine rings is 1. The molecule has 36 heavy (non-hydrogen) atoms. The maximum Gasteiger partial charge on any atom is 0.326 e. The summed E-state index contributed by atoms with van der Waals surface area (Å²) in [5.41, 5.74) is 0.0277. The highest BCUT2D eigenvalue weighted by Crippen LogP contribution is 2.46. The topological polar surface area (TPSA) is 112 Å². The SMILES string of the molecule is CCOC(=O)[C@@]12CC=Cc3nc(-c4nn(Cc5ccccc5F)c5ncc(F)cc45)nc(c31)NC2=O. The molecule has 1 amide bonds. The number of rotatable bonds is 5. The molecule has 3 aromatic heterocycles. The van der Waals surface area contributed by atoms with Crippen molar-refractivity contribution in [2.45, 2.75) is 25.3 Å². The first-order valence-corrected chi connectivity index (χ1v) is 11.3. The molecule has 4 heterocycles. The van der Waals surface area contributed by atoms with Gasteiger partial charge in [0.05, 0.1) is 30.4 Å². The third-order valence-electron chi connectivity index (χ3n) is 6.35. The largest absolute Gasteiger partial charge is 0.465 e. The molecule has 1 N–H and O–H groups in total. The number of aromatic nitrogens is 5. The Morgan fingerprint density at radius 3 is 2.89 bits per heavy atom. The highest BCUT2D eigenvalue weighted by atomic mass is 19.1. The van der Waals surface area contributed by atoms with Gasteiger partial charge in [-0.1, -0.05) is 24.3 Å². The number of ether oxygens (including phenoxy) is 1. The third kappa shape index (κ3) is 3.12. The summed E-state index contributed by atoms with van der Waals surface area (Å²) in [6.07, 6.45) is 4.55. The van der Waals surface area contributed by atoms with E-state index in [1.54, 1.807) is 37.3 Å². The summed E-state index contributed by atoms with van der Waals surface area (Å²) in [6.45, 7) is 1.82. The zero-order valence-corrected chi connectivity index (χ0v) is 19.0. The van der Waals surface area contributed by atoms with Gasteiger partial charge in [-0.3, -0.25) is 9.59 Å². The van der Waals surface area contributed by atoms with Crippen molar-refractivity contribution in [3.8, 4) is 11.5 Å². The Kier molecular flexibility index (Phi) is 4.88. The zero-order chi connectivity index (χ0) is 25.0. The van der Waals surface area contributed by atoms with E-state index < -0.39 is 28.9 Å². The number of amides is 1. The van der Waals surface area contributed by atoms with Crippen LogP contribution in [0.15, 0.2) is 42.6 Å². The number of halogens is 2. The molecule has 1 aliphatic carbocycles. The summed E-state index contributed by atoms with van der Waals surface area (Å²) in [7, 11) is 0. The number of carbonyl (C=O) groups is 2. The lowest BCUT2D eigenvalue weighted by Gasteiger charge is -2.26. The summed E-state index contributed by atoms with van der Waals surface area (Å²) >= 11 is 0. The molecule has 180 valence electrons. The molecule has 1 aromatic carbocycles. The van der Waals surface area contributed by atoms with Crippen molar-refractivity contribution >= 4 is 34.8 Å². The smallest absolute Gasteiger partial charge is 0.326 e. The van der Waals surface area contributed by atoms with Crippen molar-refractivity contribution in [3.05, 3.63) is 71.1 Å². The molecule has 0 bridgehead atoms. The van der Waals surface area contributed by atoms with Gasteiger partial charge in [-0.05, 0) is 31.6 Å². The monoisotopic (exact) mass is 488 g/mol. The summed E-state index contributed by atoms with van der Waals surface area (Å²) < 4.78 is 35.2. The number of hydrogen-bond acceptors (Lipinski definition) is 7. The minimum Gasteiger partial charge on any atom is -0.465 e. The lowest BCUT2D eigenvalue weighted by atomic mass is 9.75. The number of nitrogens with one attached hydrogen (secondary N) is 1. The Balaban J connectivity index is 1.52. The third-order valence-corrected chi connectivity index (χ3v) is 6.35. The quantitative estimate of drug-likeness (QED) is 0.339. The molecule has 1 atom stereocenters. The molecule has 0 unspecified atom stereocenters. The van der Waals surface area contributed by atoms with Gasteiger partial charge in [0.25, 0.3) is 0 Å². The Hall–Kier alpha value is -4.54. The number of hydrogen-bond donors (Lipinski definition) is 1. The van der Waals surface area contributed by atoms with Crippen molar-refractivity contribution in [1.29, 1.82) is 0 Å². The normalized spacial score (nSPS) is 17.8. The maximum atomic E-state index is 14.3. The molecule has 9 nitrogen and oxygen atoms in total. The van der Waals surface area contributed by atoms with Crippen molar-refractivity contribution in [2.75, 3.05) is 11.9 Å². The summed E-state index contributed by atoms with van der Waals surface area (Å²) in [5, 5.41) is 7.54. The molecule has 1 aliphatic heterocycles. The summed E-state index contributed by atoms with van der Waals surface area (Å²) in [4.78, 5) is 39.1. The summed E-state index contributed by atoms with van der Waals surface area (Å²) in [5.74, 6) is -1.96. The van der Waals surface area contributed by atoms with Crippen LogP contribution < -0.4 is 5.32 Å². The Morgan fingerprint density at radius 2 is 2.08 bits per heavy atom. The van der Waals surface area contributed by atoms with Gasteiger partial charge in [0.2, 0.25) is 5.91 Å². The first kappa shape index (κ1) is 22.0. The predicted molar refractivity (Wildman–Crippen MR) is 125 cm³/mol. The highest BCUT2D eigenvalue weighted by molar-refractivity contribution is 6.20. The fourth-order valence-corrected chi connectivity index (χ4v) is 4.72. The van der Waals surface area contributed by atoms with Crippen LogP contribution in [0.4, 0.5) is 14.6 Å². The average Bonchev–Trinajstić information content (AvgIpc) is 3.36. The molecule has 0 saturated carbocycles. The Labute approximate surface area is 202 Å². The highest BCUT2D eigenvalue weighted by Gasteiger charge is 2.57. The van der Waals surface area contributed by atoms with Gasteiger partial charge in [0, 0.05) is 11.1 Å². The fraction of sp³-hybridized carbons (Fsp3) is 0.200. The second kappa shape index (κ2) is 8.01. The second-order valence-corrected chi connectivity index (χ2v) is 8.46. The van der Waals surface area contributed by atoms with Gasteiger partial charge < -0.3 is 10.1 Å². The van der Waals surface area contributed by atoms with Gasteiger partial charge in [-0.25, -0.2) is 28.4 Å². The lowest BCUT2D eigenvalue weighted by Crippen LogP contribution is -2.44. The van der Waals surface area contributed by atoms with E-state index in [4.69, 9.17) is 4.74 Å². The van der Waals surface area contributed by atoms with E-state index in [9.17, 15) is 18.4 Å². The Bertz CT molecular complexity index is 1620. The van der Waals surface area contributed by atoms with E-state index in [-0.39, 0.29) is 36.9 Å². The number of esters is 1. The first-order valence-electron chi connectivity index (χ1n) is 11.3. The molecule has 0 fully saturated rings. The molecule has 4 aromatic rings. The molecule has 6 rings (SSSR count). The first-order chi connectivity index (χ1) is 17.4. The van der Waals surface area contributed by atoms with Crippen molar-refractivity contribution in [2.24, 2.45) is 0 Å². The van der Waals surface area contributed by atoms with Crippen molar-refractivity contribution in [3.63, 3.8) is 0 Å². The van der Waals surface area contributed by atoms with Crippen LogP contribution in [0.3, 0.4) is 0 Å². The molecule has 0 radical (unpaired) electrons. The summed E-state index contributed by atoms with van der Waals surface area (Å²) in [6, 6.07) is 7.51. The van der Waals surface area contributed by atoms with E-state index >= 15 is 0 Å². The number of benzene rings is 1. The van der Waals surface area contributed by atoms with E-state index in [0.29, 0.717) is 27.9 Å². The second-order valence-electron chi connectivity index (χ2n) is 8.46. The minimum absolute atomic E-state index is 0.0439. The molecule has 2 aliphatic rings. The van der Waals surface area contributed by atoms with Gasteiger partial charge in [0.15, 0.2) is 16.9 Å². The van der Waals surface area contributed by atoms with E-state index in [0.717, 1.165) is 6.20 Å². The molecular formula is C25H18F2N6O3. The number of carbonyl (C=O) groups excluding carboxylic acids is 2. The minimum atomic E-state index is -1.56. The van der Waals surface area contributed by atoms with Crippen LogP contribution in [-0.2, 0) is 26.3 Å². The van der Waals surface area contributed by atoms with Gasteiger partial charge >= 0.3 is 5.97 Å². The maximum absolute atomic E-state index is 14.3. The number of nitrogens with zero attached hydrogens (tertiary/aromatic N) is 5. The van der Waals surface area contributed by atoms with Crippen molar-refractivity contribution < 1.29 is 23.1 Å². The number of anilines is 1. The van der Waals surface area contributed by atoms with Crippen LogP contribution in [0.25, 0.3) is 28.6 Å². The van der Waals surface area contributed by atoms with Crippen LogP contribution in [0, 0.1) is 11.6 Å². The number of allylic oxidation sites excluding steroid dienone is 1. The van der Waals surface area contributed by atoms with E-state index in [1.807, 2.05) is 0 Å². The standard InChI is InChI=1S/C25H18F2N6O3/c1-2-36-24(35)25-9-5-8-17-18(25)20(31-23(25)34)30-21(29-17)19-15-10-14(26)11-28-22(15)33(32-19)12-13-6-3-4-7-16(13)27/h3-8,10-11H,2,9,12H2,1H3,(H,29,30,31,34)/t25-/m0/s1. The Morgan fingerprint density at radius 1 is 1.25 bits per heavy atom. The zero-order valence-electron chi connectivity index (χ0n) is 19.0. The van der Waals surface area contributed by atoms with Crippen LogP contribution in [0.5, 0.6) is 0 Å². The van der Waals surface area contributed by atoms with Gasteiger partial charge in [0.1, 0.15) is 23.1 Å². The molecule has 0 saturated heterocycles.